The van der Waals surface area contributed by atoms with Crippen LogP contribution in [0.4, 0.5) is 21.5 Å². The standard InChI is InChI=1S/C48H60FN7O5/c1-3-48(4-2)44(56(47(48)61)40-7-5-6-39(49)43(40)58)34-8-10-36(11-9-34)53-20-16-32(17-21-53)29-51-24-26-52(27-25-51)30-33-18-22-54(23-19-33)37-12-13-38-35(28-37)31-55(46(38)60)41-14-15-42(57)50-45(41)59/h5-13,28,32-33,41,44,58H,3-4,14-27,29-31H2,1-2H3,(H,50,57,59)/t41-,44-/m0/s1. The number of hydrogen-bond donors (Lipinski definition) is 2. The van der Waals surface area contributed by atoms with Crippen LogP contribution in [-0.2, 0) is 20.9 Å². The van der Waals surface area contributed by atoms with Crippen LogP contribution < -0.4 is 20.0 Å². The molecule has 2 N–H and O–H groups in total. The lowest BCUT2D eigenvalue weighted by Crippen LogP contribution is -2.63. The summed E-state index contributed by atoms with van der Waals surface area (Å²) in [6.45, 7) is 15.3. The van der Waals surface area contributed by atoms with Gasteiger partial charge in [0.25, 0.3) is 5.91 Å². The number of β-lactam (4-membered cyclic amide) rings is 1. The average molecular weight is 834 g/mol. The van der Waals surface area contributed by atoms with Gasteiger partial charge in [-0.15, -0.1) is 0 Å². The number of imide groups is 1. The minimum absolute atomic E-state index is 0.0640. The molecule has 0 spiro atoms. The van der Waals surface area contributed by atoms with Gasteiger partial charge in [0.1, 0.15) is 6.04 Å². The SMILES string of the molecule is CCC1(CC)C(=O)N(c2cccc(F)c2O)[C@H]1c1ccc(N2CCC(CN3CCN(CC4CCN(c5ccc6c(c5)CN([C@H]5CCC(=O)NC5=O)C6=O)CC4)CC3)CC2)cc1. The van der Waals surface area contributed by atoms with Crippen LogP contribution in [-0.4, -0.2) is 115 Å². The molecule has 6 aliphatic rings. The molecule has 0 radical (unpaired) electrons. The Balaban J connectivity index is 0.708. The highest BCUT2D eigenvalue weighted by Crippen LogP contribution is 2.57. The third-order valence-electron chi connectivity index (χ3n) is 15.1. The number of amides is 4. The number of benzene rings is 3. The molecular weight excluding hydrogens is 774 g/mol. The van der Waals surface area contributed by atoms with Gasteiger partial charge in [-0.2, -0.15) is 0 Å². The Kier molecular flexibility index (Phi) is 11.5. The van der Waals surface area contributed by atoms with Crippen LogP contribution in [0.2, 0.25) is 0 Å². The fourth-order valence-electron chi connectivity index (χ4n) is 11.3. The second-order valence-electron chi connectivity index (χ2n) is 18.3. The third kappa shape index (κ3) is 7.77. The van der Waals surface area contributed by atoms with Crippen molar-refractivity contribution in [2.75, 3.05) is 80.1 Å². The van der Waals surface area contributed by atoms with Crippen molar-refractivity contribution in [3.05, 3.63) is 83.2 Å². The maximum Gasteiger partial charge on any atom is 0.255 e. The molecular formula is C48H60FN7O5. The van der Waals surface area contributed by atoms with Crippen LogP contribution in [0.5, 0.6) is 5.75 Å². The Morgan fingerprint density at radius 1 is 0.738 bits per heavy atom. The van der Waals surface area contributed by atoms with Crippen LogP contribution in [0.1, 0.15) is 92.7 Å². The zero-order valence-corrected chi connectivity index (χ0v) is 35.7. The van der Waals surface area contributed by atoms with Gasteiger partial charge >= 0.3 is 0 Å². The summed E-state index contributed by atoms with van der Waals surface area (Å²) in [5.41, 5.74) is 4.61. The number of carbonyl (C=O) groups excluding carboxylic acids is 4. The van der Waals surface area contributed by atoms with Crippen molar-refractivity contribution in [3.8, 4) is 5.75 Å². The van der Waals surface area contributed by atoms with E-state index < -0.39 is 23.0 Å². The van der Waals surface area contributed by atoms with E-state index in [2.05, 4.69) is 55.2 Å². The number of rotatable bonds is 11. The fourth-order valence-corrected chi connectivity index (χ4v) is 11.3. The molecule has 0 bridgehead atoms. The zero-order chi connectivity index (χ0) is 42.4. The molecule has 0 aromatic heterocycles. The summed E-state index contributed by atoms with van der Waals surface area (Å²) in [6, 6.07) is 18.2. The summed E-state index contributed by atoms with van der Waals surface area (Å²) in [5, 5.41) is 12.9. The van der Waals surface area contributed by atoms with E-state index in [0.717, 1.165) is 108 Å². The Morgan fingerprint density at radius 3 is 1.92 bits per heavy atom. The lowest BCUT2D eigenvalue weighted by atomic mass is 9.64. The normalized spacial score (nSPS) is 24.3. The van der Waals surface area contributed by atoms with E-state index >= 15 is 0 Å². The second kappa shape index (κ2) is 17.0. The van der Waals surface area contributed by atoms with Crippen molar-refractivity contribution in [1.29, 1.82) is 0 Å². The van der Waals surface area contributed by atoms with E-state index in [0.29, 0.717) is 43.2 Å². The highest BCUT2D eigenvalue weighted by molar-refractivity contribution is 6.07. The van der Waals surface area contributed by atoms with Crippen molar-refractivity contribution < 1.29 is 28.7 Å². The topological polar surface area (TPSA) is 120 Å². The molecule has 0 aliphatic carbocycles. The summed E-state index contributed by atoms with van der Waals surface area (Å²) < 4.78 is 14.3. The van der Waals surface area contributed by atoms with Gasteiger partial charge < -0.3 is 29.6 Å². The van der Waals surface area contributed by atoms with E-state index in [1.54, 1.807) is 21.9 Å². The molecule has 5 fully saturated rings. The molecule has 6 heterocycles. The number of piperidine rings is 3. The number of para-hydroxylation sites is 1. The molecule has 0 saturated carbocycles. The molecule has 6 aliphatic heterocycles. The molecule has 9 rings (SSSR count). The smallest absolute Gasteiger partial charge is 0.255 e. The summed E-state index contributed by atoms with van der Waals surface area (Å²) in [4.78, 5) is 64.3. The molecule has 324 valence electrons. The maximum atomic E-state index is 14.3. The van der Waals surface area contributed by atoms with Crippen LogP contribution in [0, 0.1) is 23.1 Å². The van der Waals surface area contributed by atoms with E-state index in [9.17, 15) is 28.7 Å². The van der Waals surface area contributed by atoms with Gasteiger partial charge in [0.05, 0.1) is 17.1 Å². The van der Waals surface area contributed by atoms with Gasteiger partial charge in [-0.3, -0.25) is 29.4 Å². The van der Waals surface area contributed by atoms with Gasteiger partial charge in [0, 0.05) is 95.4 Å². The van der Waals surface area contributed by atoms with Gasteiger partial charge in [-0.05, 0) is 110 Å². The number of halogens is 1. The molecule has 0 unspecified atom stereocenters. The molecule has 61 heavy (non-hydrogen) atoms. The van der Waals surface area contributed by atoms with Gasteiger partial charge in [0.15, 0.2) is 11.6 Å². The molecule has 2 atom stereocenters. The molecule has 4 amide bonds. The van der Waals surface area contributed by atoms with E-state index in [1.165, 1.54) is 11.8 Å². The first-order chi connectivity index (χ1) is 29.6. The second-order valence-corrected chi connectivity index (χ2v) is 18.3. The van der Waals surface area contributed by atoms with E-state index in [1.807, 2.05) is 26.0 Å². The van der Waals surface area contributed by atoms with Crippen LogP contribution >= 0.6 is 0 Å². The average Bonchev–Trinajstić information content (AvgIpc) is 3.60. The predicted octanol–water partition coefficient (Wildman–Crippen LogP) is 5.94. The van der Waals surface area contributed by atoms with Crippen LogP contribution in [0.25, 0.3) is 0 Å². The largest absolute Gasteiger partial charge is 0.503 e. The highest BCUT2D eigenvalue weighted by Gasteiger charge is 2.60. The maximum absolute atomic E-state index is 14.3. The fraction of sp³-hybridized carbons (Fsp3) is 0.542. The number of fused-ring (bicyclic) bond motifs is 1. The molecule has 3 aromatic rings. The van der Waals surface area contributed by atoms with Gasteiger partial charge in [0.2, 0.25) is 17.7 Å². The van der Waals surface area contributed by atoms with Crippen molar-refractivity contribution in [2.24, 2.45) is 17.3 Å². The Bertz CT molecular complexity index is 2140. The summed E-state index contributed by atoms with van der Waals surface area (Å²) in [7, 11) is 0. The monoisotopic (exact) mass is 833 g/mol. The Hall–Kier alpha value is -5.01. The van der Waals surface area contributed by atoms with Crippen LogP contribution in [0.3, 0.4) is 0 Å². The Morgan fingerprint density at radius 2 is 1.33 bits per heavy atom. The van der Waals surface area contributed by atoms with Crippen molar-refractivity contribution in [2.45, 2.75) is 83.8 Å². The summed E-state index contributed by atoms with van der Waals surface area (Å²) in [5.74, 6) is -0.667. The zero-order valence-electron chi connectivity index (χ0n) is 35.7. The predicted molar refractivity (Wildman–Crippen MR) is 233 cm³/mol. The van der Waals surface area contributed by atoms with Gasteiger partial charge in [-0.1, -0.05) is 32.0 Å². The quantitative estimate of drug-likeness (QED) is 0.179. The van der Waals surface area contributed by atoms with Crippen LogP contribution in [0.15, 0.2) is 60.7 Å². The van der Waals surface area contributed by atoms with Crippen molar-refractivity contribution >= 4 is 40.7 Å². The van der Waals surface area contributed by atoms with E-state index in [-0.39, 0.29) is 41.8 Å². The molecule has 12 nitrogen and oxygen atoms in total. The highest BCUT2D eigenvalue weighted by atomic mass is 19.1. The molecule has 5 saturated heterocycles. The minimum atomic E-state index is -0.723. The number of aromatic hydroxyl groups is 1. The first kappa shape index (κ1) is 41.3. The van der Waals surface area contributed by atoms with Gasteiger partial charge in [-0.25, -0.2) is 4.39 Å². The third-order valence-corrected chi connectivity index (χ3v) is 15.1. The summed E-state index contributed by atoms with van der Waals surface area (Å²) >= 11 is 0. The molecule has 3 aromatic carbocycles. The number of phenolic OH excluding ortho intramolecular Hbond substituents is 1. The number of carbonyl (C=O) groups is 4. The first-order valence-electron chi connectivity index (χ1n) is 22.7. The van der Waals surface area contributed by atoms with Crippen molar-refractivity contribution in [3.63, 3.8) is 0 Å². The Labute approximate surface area is 358 Å². The lowest BCUT2D eigenvalue weighted by molar-refractivity contribution is -0.141. The first-order valence-corrected chi connectivity index (χ1v) is 22.7. The van der Waals surface area contributed by atoms with Crippen molar-refractivity contribution in [1.82, 2.24) is 20.0 Å². The number of piperazine rings is 1. The number of anilines is 3. The number of nitrogens with zero attached hydrogens (tertiary/aromatic N) is 6. The van der Waals surface area contributed by atoms with E-state index in [4.69, 9.17) is 0 Å². The number of hydrogen-bond acceptors (Lipinski definition) is 9. The summed E-state index contributed by atoms with van der Waals surface area (Å²) in [6.07, 6.45) is 6.61. The number of phenols is 1. The lowest BCUT2D eigenvalue weighted by Gasteiger charge is -2.56. The molecule has 13 heteroatoms. The minimum Gasteiger partial charge on any atom is -0.503 e. The number of nitrogens with one attached hydrogen (secondary N) is 1.